The number of amidine groups is 1. The van der Waals surface area contributed by atoms with Gasteiger partial charge in [-0.05, 0) is 48.5 Å². The van der Waals surface area contributed by atoms with Crippen molar-refractivity contribution in [3.63, 3.8) is 0 Å². The zero-order chi connectivity index (χ0) is 19.6. The number of aryl methyl sites for hydroxylation is 1. The smallest absolute Gasteiger partial charge is 0.405 e. The van der Waals surface area contributed by atoms with Crippen molar-refractivity contribution < 1.29 is 23.1 Å². The number of halogens is 3. The van der Waals surface area contributed by atoms with Crippen LogP contribution in [0.2, 0.25) is 0 Å². The lowest BCUT2D eigenvalue weighted by atomic mass is 10.2. The Morgan fingerprint density at radius 2 is 2.19 bits per heavy atom. The van der Waals surface area contributed by atoms with Gasteiger partial charge in [0.25, 0.3) is 5.91 Å². The number of carbonyl (C=O) groups is 1. The van der Waals surface area contributed by atoms with Crippen molar-refractivity contribution in [1.29, 1.82) is 0 Å². The van der Waals surface area contributed by atoms with Gasteiger partial charge < -0.3 is 15.7 Å². The zero-order valence-corrected chi connectivity index (χ0v) is 15.4. The number of aliphatic imine (C=N–C) groups is 1. The number of carbonyl (C=O) groups excluding carboxylic acids is 1. The Labute approximate surface area is 160 Å². The van der Waals surface area contributed by atoms with Crippen LogP contribution in [0, 0.1) is 6.92 Å². The van der Waals surface area contributed by atoms with E-state index in [-0.39, 0.29) is 16.8 Å². The Hall–Kier alpha value is -2.53. The fraction of sp³-hybridized carbons (Fsp3) is 0.188. The number of nitrogens with zero attached hydrogens (tertiary/aromatic N) is 2. The van der Waals surface area contributed by atoms with E-state index in [4.69, 9.17) is 0 Å². The topological polar surface area (TPSA) is 86.6 Å². The molecule has 3 rings (SSSR count). The highest BCUT2D eigenvalue weighted by atomic mass is 32.2. The summed E-state index contributed by atoms with van der Waals surface area (Å²) in [6.45, 7) is 0.610. The molecular weight excluding hydrogens is 401 g/mol. The lowest BCUT2D eigenvalue weighted by molar-refractivity contribution is -0.116. The summed E-state index contributed by atoms with van der Waals surface area (Å²) in [4.78, 5) is 21.2. The highest BCUT2D eigenvalue weighted by Crippen LogP contribution is 2.31. The SMILES string of the molecule is Cc1cc(O)ccc1N=C1NC(=O)/C(=C/c2cnc(NCC(F)(F)F)s2)S1. The number of hydrogen-bond acceptors (Lipinski definition) is 7. The van der Waals surface area contributed by atoms with E-state index >= 15 is 0 Å². The second-order valence-corrected chi connectivity index (χ2v) is 7.58. The van der Waals surface area contributed by atoms with Crippen LogP contribution in [-0.2, 0) is 4.79 Å². The number of alkyl halides is 3. The highest BCUT2D eigenvalue weighted by molar-refractivity contribution is 8.18. The van der Waals surface area contributed by atoms with Gasteiger partial charge >= 0.3 is 6.18 Å². The van der Waals surface area contributed by atoms with Crippen LogP contribution in [0.1, 0.15) is 10.4 Å². The minimum absolute atomic E-state index is 0.121. The molecule has 1 fully saturated rings. The number of anilines is 1. The number of rotatable bonds is 4. The molecule has 2 heterocycles. The van der Waals surface area contributed by atoms with Crippen LogP contribution in [0.25, 0.3) is 6.08 Å². The summed E-state index contributed by atoms with van der Waals surface area (Å²) in [6.07, 6.45) is -1.39. The van der Waals surface area contributed by atoms with Crippen LogP contribution in [-0.4, -0.2) is 33.9 Å². The Morgan fingerprint density at radius 1 is 1.41 bits per heavy atom. The van der Waals surface area contributed by atoms with Crippen molar-refractivity contribution in [2.24, 2.45) is 4.99 Å². The van der Waals surface area contributed by atoms with Crippen molar-refractivity contribution in [3.8, 4) is 5.75 Å². The molecule has 27 heavy (non-hydrogen) atoms. The van der Waals surface area contributed by atoms with E-state index in [2.05, 4.69) is 20.6 Å². The molecule has 1 aromatic heterocycles. The number of aromatic hydroxyl groups is 1. The first-order valence-electron chi connectivity index (χ1n) is 7.55. The molecule has 0 aliphatic carbocycles. The molecule has 0 bridgehead atoms. The third kappa shape index (κ3) is 5.23. The number of aromatic nitrogens is 1. The standard InChI is InChI=1S/C16H13F3N4O2S2/c1-8-4-9(24)2-3-11(8)22-15-23-13(25)12(27-15)5-10-6-20-14(26-10)21-7-16(17,18)19/h2-6,24H,7H2,1H3,(H,20,21)(H,22,23,25)/b12-5-. The van der Waals surface area contributed by atoms with Gasteiger partial charge in [0.1, 0.15) is 12.3 Å². The number of thiazole rings is 1. The van der Waals surface area contributed by atoms with Gasteiger partial charge in [0.05, 0.1) is 15.5 Å². The maximum Gasteiger partial charge on any atom is 0.405 e. The average molecular weight is 414 g/mol. The molecule has 1 saturated heterocycles. The van der Waals surface area contributed by atoms with Gasteiger partial charge in [0, 0.05) is 6.20 Å². The molecule has 0 saturated carbocycles. The summed E-state index contributed by atoms with van der Waals surface area (Å²) in [5.74, 6) is -0.228. The van der Waals surface area contributed by atoms with Crippen molar-refractivity contribution >= 4 is 51.1 Å². The summed E-state index contributed by atoms with van der Waals surface area (Å²) in [5.41, 5.74) is 1.35. The lowest BCUT2D eigenvalue weighted by Crippen LogP contribution is -2.21. The van der Waals surface area contributed by atoms with E-state index in [1.807, 2.05) is 0 Å². The van der Waals surface area contributed by atoms with E-state index in [0.717, 1.165) is 28.7 Å². The van der Waals surface area contributed by atoms with Gasteiger partial charge in [-0.2, -0.15) is 13.2 Å². The number of phenols is 1. The quantitative estimate of drug-likeness (QED) is 0.658. The van der Waals surface area contributed by atoms with Crippen molar-refractivity contribution in [2.45, 2.75) is 13.1 Å². The number of thioether (sulfide) groups is 1. The van der Waals surface area contributed by atoms with Gasteiger partial charge in [-0.1, -0.05) is 11.3 Å². The van der Waals surface area contributed by atoms with Gasteiger partial charge in [-0.25, -0.2) is 9.98 Å². The molecular formula is C16H13F3N4O2S2. The number of phenolic OH excluding ortho intramolecular Hbond substituents is 1. The van der Waals surface area contributed by atoms with E-state index in [1.165, 1.54) is 12.3 Å². The summed E-state index contributed by atoms with van der Waals surface area (Å²) >= 11 is 2.13. The maximum atomic E-state index is 12.2. The zero-order valence-electron chi connectivity index (χ0n) is 13.8. The molecule has 0 atom stereocenters. The first kappa shape index (κ1) is 19.2. The number of hydrogen-bond donors (Lipinski definition) is 3. The molecule has 1 aliphatic heterocycles. The van der Waals surface area contributed by atoms with Crippen molar-refractivity contribution in [3.05, 3.63) is 39.7 Å². The third-order valence-electron chi connectivity index (χ3n) is 3.29. The van der Waals surface area contributed by atoms with Crippen LogP contribution in [0.15, 0.2) is 34.3 Å². The van der Waals surface area contributed by atoms with E-state index < -0.39 is 12.7 Å². The van der Waals surface area contributed by atoms with Crippen molar-refractivity contribution in [1.82, 2.24) is 10.3 Å². The number of amides is 1. The third-order valence-corrected chi connectivity index (χ3v) is 5.10. The summed E-state index contributed by atoms with van der Waals surface area (Å²) < 4.78 is 36.7. The van der Waals surface area contributed by atoms with Crippen molar-refractivity contribution in [2.75, 3.05) is 11.9 Å². The lowest BCUT2D eigenvalue weighted by Gasteiger charge is -2.05. The molecule has 11 heteroatoms. The highest BCUT2D eigenvalue weighted by Gasteiger charge is 2.27. The molecule has 142 valence electrons. The minimum Gasteiger partial charge on any atom is -0.508 e. The van der Waals surface area contributed by atoms with Crippen LogP contribution >= 0.6 is 23.1 Å². The Kier molecular flexibility index (Phi) is 5.42. The monoisotopic (exact) mass is 414 g/mol. The minimum atomic E-state index is -4.33. The van der Waals surface area contributed by atoms with Gasteiger partial charge in [-0.3, -0.25) is 4.79 Å². The van der Waals surface area contributed by atoms with Gasteiger partial charge in [0.15, 0.2) is 10.3 Å². The van der Waals surface area contributed by atoms with E-state index in [1.54, 1.807) is 25.1 Å². The number of benzene rings is 1. The van der Waals surface area contributed by atoms with Crippen LogP contribution in [0.5, 0.6) is 5.75 Å². The van der Waals surface area contributed by atoms with E-state index in [9.17, 15) is 23.1 Å². The molecule has 0 unspecified atom stereocenters. The predicted molar refractivity (Wildman–Crippen MR) is 100 cm³/mol. The Bertz CT molecular complexity index is 938. The number of nitrogens with one attached hydrogen (secondary N) is 2. The fourth-order valence-corrected chi connectivity index (χ4v) is 3.75. The molecule has 1 aliphatic rings. The Balaban J connectivity index is 1.72. The maximum absolute atomic E-state index is 12.2. The second-order valence-electron chi connectivity index (χ2n) is 5.49. The van der Waals surface area contributed by atoms with Crippen LogP contribution in [0.4, 0.5) is 24.0 Å². The fourth-order valence-electron chi connectivity index (χ4n) is 2.10. The molecule has 1 amide bonds. The second kappa shape index (κ2) is 7.61. The first-order chi connectivity index (χ1) is 12.7. The Morgan fingerprint density at radius 3 is 2.89 bits per heavy atom. The summed E-state index contributed by atoms with van der Waals surface area (Å²) in [5, 5.41) is 14.7. The molecule has 1 aromatic carbocycles. The molecule has 0 spiro atoms. The van der Waals surface area contributed by atoms with Gasteiger partial charge in [-0.15, -0.1) is 0 Å². The van der Waals surface area contributed by atoms with Crippen LogP contribution < -0.4 is 10.6 Å². The summed E-state index contributed by atoms with van der Waals surface area (Å²) in [6, 6.07) is 4.69. The predicted octanol–water partition coefficient (Wildman–Crippen LogP) is 4.02. The van der Waals surface area contributed by atoms with Gasteiger partial charge in [0.2, 0.25) is 0 Å². The van der Waals surface area contributed by atoms with Crippen LogP contribution in [0.3, 0.4) is 0 Å². The molecule has 2 aromatic rings. The normalized spacial score (nSPS) is 17.6. The summed E-state index contributed by atoms with van der Waals surface area (Å²) in [7, 11) is 0. The first-order valence-corrected chi connectivity index (χ1v) is 9.18. The van der Waals surface area contributed by atoms with E-state index in [0.29, 0.717) is 20.6 Å². The molecule has 6 nitrogen and oxygen atoms in total. The molecule has 0 radical (unpaired) electrons. The average Bonchev–Trinajstić information content (AvgIpc) is 3.15. The molecule has 3 N–H and O–H groups in total. The largest absolute Gasteiger partial charge is 0.508 e.